The number of ether oxygens (including phenoxy) is 2. The van der Waals surface area contributed by atoms with Gasteiger partial charge in [0.1, 0.15) is 29.8 Å². The smallest absolute Gasteiger partial charge is 0.343 e. The zero-order valence-electron chi connectivity index (χ0n) is 21.0. The lowest BCUT2D eigenvalue weighted by molar-refractivity contribution is -0.0298. The minimum absolute atomic E-state index is 0.108. The van der Waals surface area contributed by atoms with Gasteiger partial charge in [0.05, 0.1) is 30.5 Å². The quantitative estimate of drug-likeness (QED) is 0.316. The number of fused-ring (bicyclic) bond motifs is 2. The first-order valence-corrected chi connectivity index (χ1v) is 12.5. The van der Waals surface area contributed by atoms with Crippen LogP contribution in [0.15, 0.2) is 55.1 Å². The largest absolute Gasteiger partial charge is 0.465 e. The van der Waals surface area contributed by atoms with E-state index in [-0.39, 0.29) is 11.8 Å². The number of aromatic nitrogens is 6. The van der Waals surface area contributed by atoms with Gasteiger partial charge in [-0.25, -0.2) is 29.1 Å². The maximum atomic E-state index is 14.9. The summed E-state index contributed by atoms with van der Waals surface area (Å²) in [5.74, 6) is -0.362. The summed E-state index contributed by atoms with van der Waals surface area (Å²) in [4.78, 5) is 30.9. The molecule has 2 atom stereocenters. The van der Waals surface area contributed by atoms with Crippen LogP contribution in [0.2, 0.25) is 0 Å². The second-order valence-corrected chi connectivity index (χ2v) is 9.16. The summed E-state index contributed by atoms with van der Waals surface area (Å²) in [6, 6.07) is 11.7. The molecule has 5 aromatic rings. The molecule has 194 valence electrons. The Balaban J connectivity index is 1.45. The van der Waals surface area contributed by atoms with Crippen molar-refractivity contribution in [3.05, 3.63) is 72.3 Å². The van der Waals surface area contributed by atoms with Crippen molar-refractivity contribution in [3.8, 4) is 5.69 Å². The highest BCUT2D eigenvalue weighted by atomic mass is 19.1. The summed E-state index contributed by atoms with van der Waals surface area (Å²) in [6.45, 7) is 2.63. The van der Waals surface area contributed by atoms with Gasteiger partial charge < -0.3 is 14.8 Å². The summed E-state index contributed by atoms with van der Waals surface area (Å²) < 4.78 is 29.5. The van der Waals surface area contributed by atoms with E-state index >= 15 is 0 Å². The minimum atomic E-state index is -0.773. The van der Waals surface area contributed by atoms with Crippen LogP contribution < -0.4 is 5.32 Å². The van der Waals surface area contributed by atoms with Gasteiger partial charge in [-0.05, 0) is 50.5 Å². The normalized spacial score (nSPS) is 16.6. The third kappa shape index (κ3) is 4.04. The Hall–Kier alpha value is -4.38. The molecule has 1 N–H and O–H groups in total. The van der Waals surface area contributed by atoms with Crippen molar-refractivity contribution in [3.63, 3.8) is 0 Å². The first kappa shape index (κ1) is 24.0. The van der Waals surface area contributed by atoms with Gasteiger partial charge in [-0.3, -0.25) is 9.13 Å². The SMILES string of the molecule is COC(=O)c1c(F)ccc2nc(C(C)Nc3ncnc4c3ncn4C3CCCCO3)n(-c3ccccc3)c12. The lowest BCUT2D eigenvalue weighted by Gasteiger charge is -2.23. The predicted molar refractivity (Wildman–Crippen MR) is 139 cm³/mol. The van der Waals surface area contributed by atoms with Gasteiger partial charge in [0.2, 0.25) is 0 Å². The molecule has 0 aliphatic carbocycles. The van der Waals surface area contributed by atoms with Crippen molar-refractivity contribution >= 4 is 34.0 Å². The van der Waals surface area contributed by atoms with Crippen LogP contribution in [-0.2, 0) is 9.47 Å². The van der Waals surface area contributed by atoms with E-state index in [1.807, 2.05) is 41.8 Å². The van der Waals surface area contributed by atoms with E-state index in [2.05, 4.69) is 20.3 Å². The van der Waals surface area contributed by atoms with Crippen LogP contribution in [0, 0.1) is 5.82 Å². The summed E-state index contributed by atoms with van der Waals surface area (Å²) in [6.07, 6.45) is 6.14. The fourth-order valence-electron chi connectivity index (χ4n) is 4.97. The number of hydrogen-bond acceptors (Lipinski definition) is 8. The lowest BCUT2D eigenvalue weighted by Crippen LogP contribution is -2.18. The van der Waals surface area contributed by atoms with Crippen molar-refractivity contribution in [2.45, 2.75) is 38.5 Å². The molecule has 11 heteroatoms. The third-order valence-corrected chi connectivity index (χ3v) is 6.76. The number of esters is 1. The fourth-order valence-corrected chi connectivity index (χ4v) is 4.97. The standard InChI is InChI=1S/C27H26FN7O3/c1-16(32-24-22-26(30-14-29-24)34(15-31-22)20-10-6-7-13-38-20)25-33-19-12-11-18(28)21(27(36)37-2)23(19)35(25)17-8-4-3-5-9-17/h3-5,8-9,11-12,14-16,20H,6-7,10,13H2,1-2H3,(H,29,30,32). The molecular formula is C27H26FN7O3. The molecule has 0 saturated carbocycles. The van der Waals surface area contributed by atoms with Gasteiger partial charge >= 0.3 is 5.97 Å². The topological polar surface area (TPSA) is 109 Å². The first-order chi connectivity index (χ1) is 18.6. The van der Waals surface area contributed by atoms with Crippen molar-refractivity contribution < 1.29 is 18.7 Å². The van der Waals surface area contributed by atoms with Crippen molar-refractivity contribution in [1.29, 1.82) is 0 Å². The number of carbonyl (C=O) groups excluding carboxylic acids is 1. The van der Waals surface area contributed by atoms with Gasteiger partial charge in [-0.1, -0.05) is 18.2 Å². The zero-order valence-corrected chi connectivity index (χ0v) is 21.0. The van der Waals surface area contributed by atoms with E-state index in [0.29, 0.717) is 40.4 Å². The Kier molecular flexibility index (Phi) is 6.20. The summed E-state index contributed by atoms with van der Waals surface area (Å²) in [7, 11) is 1.23. The lowest BCUT2D eigenvalue weighted by atomic mass is 10.1. The highest BCUT2D eigenvalue weighted by molar-refractivity contribution is 6.03. The van der Waals surface area contributed by atoms with E-state index in [0.717, 1.165) is 24.9 Å². The van der Waals surface area contributed by atoms with Crippen LogP contribution in [0.25, 0.3) is 27.9 Å². The van der Waals surface area contributed by atoms with Crippen molar-refractivity contribution in [2.75, 3.05) is 19.0 Å². The summed E-state index contributed by atoms with van der Waals surface area (Å²) >= 11 is 0. The number of nitrogens with one attached hydrogen (secondary N) is 1. The molecule has 0 bridgehead atoms. The van der Waals surface area contributed by atoms with Gasteiger partial charge in [0.25, 0.3) is 0 Å². The number of hydrogen-bond donors (Lipinski definition) is 1. The first-order valence-electron chi connectivity index (χ1n) is 12.5. The summed E-state index contributed by atoms with van der Waals surface area (Å²) in [5, 5.41) is 3.40. The van der Waals surface area contributed by atoms with E-state index in [1.54, 1.807) is 17.0 Å². The maximum absolute atomic E-state index is 14.9. The Morgan fingerprint density at radius 2 is 2.00 bits per heavy atom. The number of anilines is 1. The number of imidazole rings is 2. The van der Waals surface area contributed by atoms with Crippen LogP contribution in [0.4, 0.5) is 10.2 Å². The van der Waals surface area contributed by atoms with Crippen molar-refractivity contribution in [1.82, 2.24) is 29.1 Å². The van der Waals surface area contributed by atoms with Gasteiger partial charge in [-0.15, -0.1) is 0 Å². The highest BCUT2D eigenvalue weighted by Crippen LogP contribution is 2.32. The number of para-hydroxylation sites is 1. The average molecular weight is 516 g/mol. The number of halogens is 1. The fraction of sp³-hybridized carbons (Fsp3) is 0.296. The molecule has 0 spiro atoms. The van der Waals surface area contributed by atoms with Crippen molar-refractivity contribution in [2.24, 2.45) is 0 Å². The predicted octanol–water partition coefficient (Wildman–Crippen LogP) is 4.96. The molecule has 10 nitrogen and oxygen atoms in total. The van der Waals surface area contributed by atoms with E-state index in [1.165, 1.54) is 19.5 Å². The molecule has 0 radical (unpaired) electrons. The Morgan fingerprint density at radius 1 is 1.16 bits per heavy atom. The molecule has 1 aliphatic rings. The molecular weight excluding hydrogens is 489 g/mol. The van der Waals surface area contributed by atoms with Crippen LogP contribution in [0.3, 0.4) is 0 Å². The highest BCUT2D eigenvalue weighted by Gasteiger charge is 2.27. The molecule has 38 heavy (non-hydrogen) atoms. The average Bonchev–Trinajstić information content (AvgIpc) is 3.56. The minimum Gasteiger partial charge on any atom is -0.465 e. The van der Waals surface area contributed by atoms with Gasteiger partial charge in [0, 0.05) is 12.3 Å². The second-order valence-electron chi connectivity index (χ2n) is 9.16. The Bertz CT molecular complexity index is 1630. The van der Waals surface area contributed by atoms with Gasteiger partial charge in [0.15, 0.2) is 17.0 Å². The van der Waals surface area contributed by atoms with Gasteiger partial charge in [-0.2, -0.15) is 0 Å². The Labute approximate surface area is 217 Å². The van der Waals surface area contributed by atoms with E-state index in [9.17, 15) is 9.18 Å². The van der Waals surface area contributed by atoms with Crippen LogP contribution in [0.1, 0.15) is 54.6 Å². The summed E-state index contributed by atoms with van der Waals surface area (Å²) in [5.41, 5.74) is 2.63. The molecule has 1 saturated heterocycles. The number of benzene rings is 2. The molecule has 4 heterocycles. The number of methoxy groups -OCH3 is 1. The monoisotopic (exact) mass is 515 g/mol. The van der Waals surface area contributed by atoms with E-state index in [4.69, 9.17) is 14.5 Å². The molecule has 1 fully saturated rings. The maximum Gasteiger partial charge on any atom is 0.343 e. The van der Waals surface area contributed by atoms with Crippen LogP contribution >= 0.6 is 0 Å². The van der Waals surface area contributed by atoms with Crippen LogP contribution in [0.5, 0.6) is 0 Å². The molecule has 2 unspecified atom stereocenters. The Morgan fingerprint density at radius 3 is 2.76 bits per heavy atom. The number of carbonyl (C=O) groups is 1. The molecule has 3 aromatic heterocycles. The number of nitrogens with zero attached hydrogens (tertiary/aromatic N) is 6. The molecule has 0 amide bonds. The second kappa shape index (κ2) is 9.82. The van der Waals surface area contributed by atoms with E-state index < -0.39 is 17.8 Å². The molecule has 6 rings (SSSR count). The third-order valence-electron chi connectivity index (χ3n) is 6.76. The molecule has 2 aromatic carbocycles. The van der Waals surface area contributed by atoms with Crippen LogP contribution in [-0.4, -0.2) is 48.8 Å². The molecule has 1 aliphatic heterocycles. The number of rotatable bonds is 6. The zero-order chi connectivity index (χ0) is 26.2.